The van der Waals surface area contributed by atoms with Crippen molar-refractivity contribution in [3.8, 4) is 0 Å². The van der Waals surface area contributed by atoms with E-state index in [0.29, 0.717) is 6.54 Å². The van der Waals surface area contributed by atoms with Crippen LogP contribution in [-0.4, -0.2) is 24.8 Å². The molecule has 0 heterocycles. The van der Waals surface area contributed by atoms with Crippen molar-refractivity contribution in [2.75, 3.05) is 19.7 Å². The molecule has 0 aliphatic carbocycles. The van der Waals surface area contributed by atoms with E-state index in [2.05, 4.69) is 43.4 Å². The molecule has 0 saturated heterocycles. The summed E-state index contributed by atoms with van der Waals surface area (Å²) in [6, 6.07) is 8.86. The molecular formula is C14H23NO. The fraction of sp³-hybridized carbons (Fsp3) is 0.571. The Labute approximate surface area is 98.7 Å². The summed E-state index contributed by atoms with van der Waals surface area (Å²) in [4.78, 5) is 0. The number of aliphatic hydroxyl groups excluding tert-OH is 1. The molecule has 0 unspecified atom stereocenters. The SMILES string of the molecule is CC(C)Cc1ccc(CCNCCO)cc1. The number of aliphatic hydroxyl groups is 1. The molecule has 1 aromatic carbocycles. The van der Waals surface area contributed by atoms with Crippen LogP contribution in [0.5, 0.6) is 0 Å². The number of hydrogen-bond acceptors (Lipinski definition) is 2. The summed E-state index contributed by atoms with van der Waals surface area (Å²) in [6.45, 7) is 6.32. The summed E-state index contributed by atoms with van der Waals surface area (Å²) < 4.78 is 0. The zero-order valence-corrected chi connectivity index (χ0v) is 10.4. The van der Waals surface area contributed by atoms with Gasteiger partial charge in [0, 0.05) is 6.54 Å². The van der Waals surface area contributed by atoms with E-state index >= 15 is 0 Å². The van der Waals surface area contributed by atoms with Crippen LogP contribution in [0.3, 0.4) is 0 Å². The zero-order chi connectivity index (χ0) is 11.8. The molecular weight excluding hydrogens is 198 g/mol. The third-order valence-corrected chi connectivity index (χ3v) is 2.55. The highest BCUT2D eigenvalue weighted by molar-refractivity contribution is 5.23. The molecule has 1 aromatic rings. The Morgan fingerprint density at radius 1 is 1.06 bits per heavy atom. The van der Waals surface area contributed by atoms with Gasteiger partial charge in [-0.25, -0.2) is 0 Å². The lowest BCUT2D eigenvalue weighted by Gasteiger charge is -2.07. The normalized spacial score (nSPS) is 11.0. The standard InChI is InChI=1S/C14H23NO/c1-12(2)11-14-5-3-13(4-6-14)7-8-15-9-10-16/h3-6,12,15-16H,7-11H2,1-2H3. The van der Waals surface area contributed by atoms with Crippen LogP contribution in [-0.2, 0) is 12.8 Å². The molecule has 0 bridgehead atoms. The van der Waals surface area contributed by atoms with E-state index in [-0.39, 0.29) is 6.61 Å². The third kappa shape index (κ3) is 5.29. The van der Waals surface area contributed by atoms with Crippen molar-refractivity contribution in [3.05, 3.63) is 35.4 Å². The van der Waals surface area contributed by atoms with E-state index < -0.39 is 0 Å². The lowest BCUT2D eigenvalue weighted by molar-refractivity contribution is 0.293. The van der Waals surface area contributed by atoms with E-state index in [1.54, 1.807) is 0 Å². The maximum absolute atomic E-state index is 8.62. The predicted octanol–water partition coefficient (Wildman–Crippen LogP) is 2.01. The van der Waals surface area contributed by atoms with Crippen LogP contribution < -0.4 is 5.32 Å². The molecule has 2 N–H and O–H groups in total. The Hall–Kier alpha value is -0.860. The van der Waals surface area contributed by atoms with Gasteiger partial charge in [-0.1, -0.05) is 38.1 Å². The Morgan fingerprint density at radius 2 is 1.69 bits per heavy atom. The minimum atomic E-state index is 0.216. The molecule has 90 valence electrons. The maximum atomic E-state index is 8.62. The molecule has 1 rings (SSSR count). The molecule has 0 spiro atoms. The summed E-state index contributed by atoms with van der Waals surface area (Å²) >= 11 is 0. The number of hydrogen-bond donors (Lipinski definition) is 2. The monoisotopic (exact) mass is 221 g/mol. The first-order valence-electron chi connectivity index (χ1n) is 6.11. The highest BCUT2D eigenvalue weighted by atomic mass is 16.3. The number of rotatable bonds is 7. The molecule has 16 heavy (non-hydrogen) atoms. The van der Waals surface area contributed by atoms with Crippen molar-refractivity contribution in [3.63, 3.8) is 0 Å². The van der Waals surface area contributed by atoms with Crippen LogP contribution in [0.15, 0.2) is 24.3 Å². The van der Waals surface area contributed by atoms with E-state index in [4.69, 9.17) is 5.11 Å². The third-order valence-electron chi connectivity index (χ3n) is 2.55. The van der Waals surface area contributed by atoms with Gasteiger partial charge in [0.05, 0.1) is 6.61 Å². The first-order chi connectivity index (χ1) is 7.72. The first-order valence-corrected chi connectivity index (χ1v) is 6.11. The van der Waals surface area contributed by atoms with E-state index in [1.807, 2.05) is 0 Å². The molecule has 0 aromatic heterocycles. The Kier molecular flexibility index (Phi) is 6.12. The van der Waals surface area contributed by atoms with Gasteiger partial charge in [-0.2, -0.15) is 0 Å². The average Bonchev–Trinajstić information content (AvgIpc) is 2.26. The van der Waals surface area contributed by atoms with Crippen LogP contribution in [0.4, 0.5) is 0 Å². The highest BCUT2D eigenvalue weighted by Gasteiger charge is 1.98. The fourth-order valence-corrected chi connectivity index (χ4v) is 1.75. The average molecular weight is 221 g/mol. The molecule has 0 amide bonds. The molecule has 0 atom stereocenters. The van der Waals surface area contributed by atoms with Gasteiger partial charge in [0.25, 0.3) is 0 Å². The van der Waals surface area contributed by atoms with Crippen molar-refractivity contribution in [2.24, 2.45) is 5.92 Å². The summed E-state index contributed by atoms with van der Waals surface area (Å²) in [5.74, 6) is 0.720. The molecule has 0 aliphatic rings. The molecule has 0 saturated carbocycles. The van der Waals surface area contributed by atoms with E-state index in [9.17, 15) is 0 Å². The Morgan fingerprint density at radius 3 is 2.25 bits per heavy atom. The van der Waals surface area contributed by atoms with Crippen LogP contribution in [0.1, 0.15) is 25.0 Å². The van der Waals surface area contributed by atoms with Crippen molar-refractivity contribution in [1.29, 1.82) is 0 Å². The van der Waals surface area contributed by atoms with E-state index in [1.165, 1.54) is 11.1 Å². The summed E-state index contributed by atoms with van der Waals surface area (Å²) in [7, 11) is 0. The largest absolute Gasteiger partial charge is 0.395 e. The van der Waals surface area contributed by atoms with Crippen LogP contribution in [0.25, 0.3) is 0 Å². The van der Waals surface area contributed by atoms with Crippen LogP contribution >= 0.6 is 0 Å². The molecule has 2 nitrogen and oxygen atoms in total. The zero-order valence-electron chi connectivity index (χ0n) is 10.4. The molecule has 0 fully saturated rings. The van der Waals surface area contributed by atoms with Gasteiger partial charge >= 0.3 is 0 Å². The van der Waals surface area contributed by atoms with Crippen molar-refractivity contribution < 1.29 is 5.11 Å². The van der Waals surface area contributed by atoms with Crippen LogP contribution in [0.2, 0.25) is 0 Å². The summed E-state index contributed by atoms with van der Waals surface area (Å²) in [5.41, 5.74) is 2.78. The maximum Gasteiger partial charge on any atom is 0.0555 e. The minimum absolute atomic E-state index is 0.216. The van der Waals surface area contributed by atoms with Gasteiger partial charge in [0.1, 0.15) is 0 Å². The second kappa shape index (κ2) is 7.42. The molecule has 2 heteroatoms. The van der Waals surface area contributed by atoms with Crippen LogP contribution in [0, 0.1) is 5.92 Å². The number of benzene rings is 1. The van der Waals surface area contributed by atoms with Gasteiger partial charge in [0.2, 0.25) is 0 Å². The lowest BCUT2D eigenvalue weighted by Crippen LogP contribution is -2.20. The fourth-order valence-electron chi connectivity index (χ4n) is 1.75. The quantitative estimate of drug-likeness (QED) is 0.690. The second-order valence-electron chi connectivity index (χ2n) is 4.64. The van der Waals surface area contributed by atoms with Crippen molar-refractivity contribution in [2.45, 2.75) is 26.7 Å². The highest BCUT2D eigenvalue weighted by Crippen LogP contribution is 2.09. The smallest absolute Gasteiger partial charge is 0.0555 e. The van der Waals surface area contributed by atoms with Gasteiger partial charge in [0.15, 0.2) is 0 Å². The van der Waals surface area contributed by atoms with Crippen molar-refractivity contribution in [1.82, 2.24) is 5.32 Å². The first kappa shape index (κ1) is 13.2. The van der Waals surface area contributed by atoms with Gasteiger partial charge in [-0.3, -0.25) is 0 Å². The Bertz CT molecular complexity index is 279. The van der Waals surface area contributed by atoms with E-state index in [0.717, 1.165) is 25.3 Å². The number of nitrogens with one attached hydrogen (secondary N) is 1. The minimum Gasteiger partial charge on any atom is -0.395 e. The second-order valence-corrected chi connectivity index (χ2v) is 4.64. The van der Waals surface area contributed by atoms with Gasteiger partial charge in [-0.05, 0) is 36.4 Å². The van der Waals surface area contributed by atoms with Gasteiger partial charge < -0.3 is 10.4 Å². The summed E-state index contributed by atoms with van der Waals surface area (Å²) in [5, 5.41) is 11.8. The molecule has 0 aliphatic heterocycles. The van der Waals surface area contributed by atoms with Gasteiger partial charge in [-0.15, -0.1) is 0 Å². The lowest BCUT2D eigenvalue weighted by atomic mass is 10.0. The topological polar surface area (TPSA) is 32.3 Å². The molecule has 0 radical (unpaired) electrons. The van der Waals surface area contributed by atoms with Crippen molar-refractivity contribution >= 4 is 0 Å². The summed E-state index contributed by atoms with van der Waals surface area (Å²) in [6.07, 6.45) is 2.19. The predicted molar refractivity (Wildman–Crippen MR) is 68.6 cm³/mol. The Balaban J connectivity index is 2.33.